The first-order valence-corrected chi connectivity index (χ1v) is 5.95. The molecule has 2 unspecified atom stereocenters. The molecule has 2 bridgehead atoms. The van der Waals surface area contributed by atoms with Crippen molar-refractivity contribution < 1.29 is 4.79 Å². The van der Waals surface area contributed by atoms with Crippen LogP contribution in [0.5, 0.6) is 0 Å². The van der Waals surface area contributed by atoms with Crippen molar-refractivity contribution >= 4 is 5.78 Å². The van der Waals surface area contributed by atoms with Crippen LogP contribution in [0.25, 0.3) is 0 Å². The van der Waals surface area contributed by atoms with Crippen molar-refractivity contribution in [1.82, 2.24) is 10.2 Å². The molecular formula is C13H20N2O. The SMILES string of the molecule is CC12CCC(CC1=O)C2(C)C.c1cn[nH]c1. The topological polar surface area (TPSA) is 45.8 Å². The van der Waals surface area contributed by atoms with Gasteiger partial charge in [0, 0.05) is 24.2 Å². The highest BCUT2D eigenvalue weighted by Gasteiger charge is 2.61. The van der Waals surface area contributed by atoms with E-state index in [0.29, 0.717) is 11.7 Å². The fraction of sp³-hybridized carbons (Fsp3) is 0.692. The minimum atomic E-state index is 0.0255. The summed E-state index contributed by atoms with van der Waals surface area (Å²) in [7, 11) is 0. The van der Waals surface area contributed by atoms with Crippen molar-refractivity contribution in [2.75, 3.05) is 0 Å². The molecule has 1 aromatic heterocycles. The molecule has 2 fully saturated rings. The number of H-pyrrole nitrogens is 1. The lowest BCUT2D eigenvalue weighted by Gasteiger charge is -2.32. The van der Waals surface area contributed by atoms with Crippen LogP contribution in [-0.4, -0.2) is 16.0 Å². The van der Waals surface area contributed by atoms with Crippen LogP contribution in [0.2, 0.25) is 0 Å². The molecule has 0 amide bonds. The lowest BCUT2D eigenvalue weighted by Crippen LogP contribution is -2.32. The summed E-state index contributed by atoms with van der Waals surface area (Å²) in [6, 6.07) is 1.83. The van der Waals surface area contributed by atoms with Crippen molar-refractivity contribution in [3.63, 3.8) is 0 Å². The van der Waals surface area contributed by atoms with Crippen molar-refractivity contribution in [1.29, 1.82) is 0 Å². The Balaban J connectivity index is 0.000000162. The zero-order chi connectivity index (χ0) is 11.8. The van der Waals surface area contributed by atoms with Crippen LogP contribution < -0.4 is 0 Å². The Kier molecular flexibility index (Phi) is 2.64. The highest BCUT2D eigenvalue weighted by molar-refractivity contribution is 5.89. The van der Waals surface area contributed by atoms with E-state index in [4.69, 9.17) is 0 Å². The Bertz CT molecular complexity index is 352. The van der Waals surface area contributed by atoms with Crippen LogP contribution in [0.1, 0.15) is 40.0 Å². The molecule has 1 aromatic rings. The fourth-order valence-electron chi connectivity index (χ4n) is 3.12. The largest absolute Gasteiger partial charge is 0.299 e. The standard InChI is InChI=1S/C10H16O.C3H4N2/c1-9(2)7-4-5-10(9,3)8(11)6-7;1-2-4-5-3-1/h7H,4-6H2,1-3H3;1-3H,(H,4,5). The third-order valence-corrected chi connectivity index (χ3v) is 4.89. The minimum absolute atomic E-state index is 0.0255. The van der Waals surface area contributed by atoms with E-state index in [-0.39, 0.29) is 10.8 Å². The average molecular weight is 220 g/mol. The van der Waals surface area contributed by atoms with Gasteiger partial charge in [0.15, 0.2) is 0 Å². The van der Waals surface area contributed by atoms with E-state index in [2.05, 4.69) is 31.0 Å². The van der Waals surface area contributed by atoms with Gasteiger partial charge in [-0.25, -0.2) is 0 Å². The molecule has 16 heavy (non-hydrogen) atoms. The van der Waals surface area contributed by atoms with E-state index in [1.165, 1.54) is 6.42 Å². The molecule has 3 rings (SSSR count). The number of aromatic amines is 1. The molecular weight excluding hydrogens is 200 g/mol. The molecule has 2 saturated carbocycles. The fourth-order valence-corrected chi connectivity index (χ4v) is 3.12. The van der Waals surface area contributed by atoms with Crippen LogP contribution in [0, 0.1) is 16.7 Å². The number of carbonyl (C=O) groups excluding carboxylic acids is 1. The highest BCUT2D eigenvalue weighted by atomic mass is 16.1. The lowest BCUT2D eigenvalue weighted by molar-refractivity contribution is -0.128. The van der Waals surface area contributed by atoms with Crippen LogP contribution in [0.4, 0.5) is 0 Å². The summed E-state index contributed by atoms with van der Waals surface area (Å²) in [4.78, 5) is 11.6. The van der Waals surface area contributed by atoms with E-state index >= 15 is 0 Å². The number of nitrogens with one attached hydrogen (secondary N) is 1. The monoisotopic (exact) mass is 220 g/mol. The van der Waals surface area contributed by atoms with E-state index in [1.807, 2.05) is 6.07 Å². The highest BCUT2D eigenvalue weighted by Crippen LogP contribution is 2.63. The quantitative estimate of drug-likeness (QED) is 0.730. The number of Topliss-reactive ketones (excluding diaryl/α,β-unsaturated/α-hetero) is 1. The lowest BCUT2D eigenvalue weighted by atomic mass is 9.70. The molecule has 3 heteroatoms. The summed E-state index contributed by atoms with van der Waals surface area (Å²) in [5.74, 6) is 1.19. The van der Waals surface area contributed by atoms with Crippen LogP contribution >= 0.6 is 0 Å². The second kappa shape index (κ2) is 3.72. The maximum Gasteiger partial charge on any atom is 0.139 e. The van der Waals surface area contributed by atoms with Gasteiger partial charge in [-0.1, -0.05) is 20.8 Å². The second-order valence-corrected chi connectivity index (χ2v) is 5.68. The first-order valence-electron chi connectivity index (χ1n) is 5.95. The summed E-state index contributed by atoms with van der Waals surface area (Å²) in [6.45, 7) is 6.67. The first-order chi connectivity index (χ1) is 7.48. The summed E-state index contributed by atoms with van der Waals surface area (Å²) in [5.41, 5.74) is 0.307. The maximum absolute atomic E-state index is 11.6. The smallest absolute Gasteiger partial charge is 0.139 e. The van der Waals surface area contributed by atoms with Crippen molar-refractivity contribution in [2.45, 2.75) is 40.0 Å². The predicted octanol–water partition coefficient (Wildman–Crippen LogP) is 2.81. The molecule has 1 N–H and O–H groups in total. The van der Waals surface area contributed by atoms with Gasteiger partial charge in [-0.05, 0) is 30.2 Å². The molecule has 88 valence electrons. The Labute approximate surface area is 96.6 Å². The molecule has 0 radical (unpaired) electrons. The van der Waals surface area contributed by atoms with Gasteiger partial charge in [0.05, 0.1) is 0 Å². The normalized spacial score (nSPS) is 34.7. The van der Waals surface area contributed by atoms with Crippen molar-refractivity contribution in [2.24, 2.45) is 16.7 Å². The minimum Gasteiger partial charge on any atom is -0.299 e. The van der Waals surface area contributed by atoms with E-state index < -0.39 is 0 Å². The Hall–Kier alpha value is -1.12. The summed E-state index contributed by atoms with van der Waals surface area (Å²) < 4.78 is 0. The van der Waals surface area contributed by atoms with E-state index in [1.54, 1.807) is 12.4 Å². The van der Waals surface area contributed by atoms with Crippen LogP contribution in [0.15, 0.2) is 18.5 Å². The van der Waals surface area contributed by atoms with Gasteiger partial charge in [-0.3, -0.25) is 9.89 Å². The first kappa shape index (κ1) is 11.4. The zero-order valence-electron chi connectivity index (χ0n) is 10.3. The van der Waals surface area contributed by atoms with Gasteiger partial charge in [0.1, 0.15) is 5.78 Å². The van der Waals surface area contributed by atoms with Crippen LogP contribution in [-0.2, 0) is 4.79 Å². The average Bonchev–Trinajstić information content (AvgIpc) is 2.88. The maximum atomic E-state index is 11.6. The second-order valence-electron chi connectivity index (χ2n) is 5.68. The molecule has 2 atom stereocenters. The predicted molar refractivity (Wildman–Crippen MR) is 62.8 cm³/mol. The van der Waals surface area contributed by atoms with Gasteiger partial charge in [0.25, 0.3) is 0 Å². The number of aromatic nitrogens is 2. The molecule has 0 spiro atoms. The molecule has 3 nitrogen and oxygen atoms in total. The zero-order valence-corrected chi connectivity index (χ0v) is 10.3. The molecule has 0 saturated heterocycles. The number of hydrogen-bond donors (Lipinski definition) is 1. The summed E-state index contributed by atoms with van der Waals surface area (Å²) >= 11 is 0. The third kappa shape index (κ3) is 1.49. The number of fused-ring (bicyclic) bond motifs is 2. The molecule has 0 aromatic carbocycles. The Morgan fingerprint density at radius 3 is 2.38 bits per heavy atom. The number of rotatable bonds is 0. The molecule has 2 aliphatic rings. The van der Waals surface area contributed by atoms with Crippen LogP contribution in [0.3, 0.4) is 0 Å². The van der Waals surface area contributed by atoms with Gasteiger partial charge in [-0.15, -0.1) is 0 Å². The number of nitrogens with zero attached hydrogens (tertiary/aromatic N) is 1. The van der Waals surface area contributed by atoms with E-state index in [9.17, 15) is 4.79 Å². The molecule has 2 aliphatic carbocycles. The number of hydrogen-bond acceptors (Lipinski definition) is 2. The van der Waals surface area contributed by atoms with Gasteiger partial charge in [0.2, 0.25) is 0 Å². The number of carbonyl (C=O) groups is 1. The Morgan fingerprint density at radius 1 is 1.44 bits per heavy atom. The van der Waals surface area contributed by atoms with Crippen molar-refractivity contribution in [3.05, 3.63) is 18.5 Å². The summed E-state index contributed by atoms with van der Waals surface area (Å²) in [5, 5.41) is 6.21. The molecule has 0 aliphatic heterocycles. The molecule has 1 heterocycles. The van der Waals surface area contributed by atoms with Crippen molar-refractivity contribution in [3.8, 4) is 0 Å². The van der Waals surface area contributed by atoms with Gasteiger partial charge >= 0.3 is 0 Å². The third-order valence-electron chi connectivity index (χ3n) is 4.89. The van der Waals surface area contributed by atoms with Gasteiger partial charge < -0.3 is 0 Å². The number of ketones is 1. The summed E-state index contributed by atoms with van der Waals surface area (Å²) in [6.07, 6.45) is 6.71. The van der Waals surface area contributed by atoms with E-state index in [0.717, 1.165) is 12.8 Å². The van der Waals surface area contributed by atoms with Gasteiger partial charge in [-0.2, -0.15) is 5.10 Å². The Morgan fingerprint density at radius 2 is 2.19 bits per heavy atom.